The van der Waals surface area contributed by atoms with Gasteiger partial charge in [-0.1, -0.05) is 11.6 Å². The molecule has 5 heteroatoms. The summed E-state index contributed by atoms with van der Waals surface area (Å²) in [5, 5.41) is 0. The highest BCUT2D eigenvalue weighted by atomic mass is 35.5. The van der Waals surface area contributed by atoms with Crippen molar-refractivity contribution in [2.75, 3.05) is 11.8 Å². The van der Waals surface area contributed by atoms with E-state index in [0.29, 0.717) is 5.82 Å². The first-order chi connectivity index (χ1) is 4.83. The van der Waals surface area contributed by atoms with Crippen LogP contribution in [0.2, 0.25) is 0 Å². The topological polar surface area (TPSA) is 61.0 Å². The second-order valence-electron chi connectivity index (χ2n) is 1.52. The first-order valence-electron chi connectivity index (χ1n) is 2.60. The van der Waals surface area contributed by atoms with E-state index >= 15 is 0 Å². The maximum atomic E-state index is 5.31. The molecule has 0 atom stereocenters. The second-order valence-corrected chi connectivity index (χ2v) is 1.74. The molecule has 0 aliphatic heterocycles. The normalized spacial score (nSPS) is 9.30. The molecule has 0 fully saturated rings. The third-order valence-electron chi connectivity index (χ3n) is 0.839. The van der Waals surface area contributed by atoms with E-state index in [4.69, 9.17) is 22.1 Å². The largest absolute Gasteiger partial charge is 0.447 e. The van der Waals surface area contributed by atoms with Crippen LogP contribution in [0.15, 0.2) is 12.3 Å². The van der Waals surface area contributed by atoms with Crippen LogP contribution in [0.3, 0.4) is 0 Å². The molecule has 0 bridgehead atoms. The van der Waals surface area contributed by atoms with Crippen LogP contribution in [0, 0.1) is 0 Å². The van der Waals surface area contributed by atoms with E-state index in [0.717, 1.165) is 0 Å². The Labute approximate surface area is 63.0 Å². The minimum absolute atomic E-state index is 0.0312. The lowest BCUT2D eigenvalue weighted by Gasteiger charge is -1.97. The van der Waals surface area contributed by atoms with Crippen molar-refractivity contribution in [3.05, 3.63) is 12.3 Å². The predicted octanol–water partition coefficient (Wildman–Crippen LogP) is 0.634. The van der Waals surface area contributed by atoms with Crippen molar-refractivity contribution < 1.29 is 4.74 Å². The highest BCUT2D eigenvalue weighted by molar-refractivity contribution is 6.17. The van der Waals surface area contributed by atoms with Gasteiger partial charge in [0, 0.05) is 6.20 Å². The number of nitrogens with zero attached hydrogens (tertiary/aromatic N) is 2. The smallest absolute Gasteiger partial charge is 0.319 e. The number of hydrogen-bond donors (Lipinski definition) is 1. The fraction of sp³-hybridized carbons (Fsp3) is 0.200. The van der Waals surface area contributed by atoms with Gasteiger partial charge in [-0.15, -0.1) is 0 Å². The predicted molar refractivity (Wildman–Crippen MR) is 37.8 cm³/mol. The molecule has 1 aromatic rings. The summed E-state index contributed by atoms with van der Waals surface area (Å²) < 4.78 is 4.75. The lowest BCUT2D eigenvalue weighted by Crippen LogP contribution is -1.97. The maximum Gasteiger partial charge on any atom is 0.319 e. The van der Waals surface area contributed by atoms with Crippen molar-refractivity contribution in [1.29, 1.82) is 0 Å². The SMILES string of the molecule is Nc1ccnc(OCCl)n1. The number of nitrogens with two attached hydrogens (primary N) is 1. The molecule has 0 saturated heterocycles. The number of anilines is 1. The second kappa shape index (κ2) is 3.22. The lowest BCUT2D eigenvalue weighted by atomic mass is 10.6. The first-order valence-corrected chi connectivity index (χ1v) is 3.13. The zero-order valence-corrected chi connectivity index (χ0v) is 5.88. The molecule has 0 aromatic carbocycles. The van der Waals surface area contributed by atoms with Crippen LogP contribution in [-0.2, 0) is 0 Å². The highest BCUT2D eigenvalue weighted by Gasteiger charge is 1.93. The minimum atomic E-state index is 0.0312. The molecule has 0 radical (unpaired) electrons. The van der Waals surface area contributed by atoms with Crippen LogP contribution in [-0.4, -0.2) is 16.0 Å². The Morgan fingerprint density at radius 2 is 2.50 bits per heavy atom. The summed E-state index contributed by atoms with van der Waals surface area (Å²) in [4.78, 5) is 7.45. The van der Waals surface area contributed by atoms with Gasteiger partial charge in [0.25, 0.3) is 0 Å². The van der Waals surface area contributed by atoms with E-state index in [1.807, 2.05) is 0 Å². The van der Waals surface area contributed by atoms with Crippen molar-refractivity contribution in [2.24, 2.45) is 0 Å². The van der Waals surface area contributed by atoms with Gasteiger partial charge >= 0.3 is 6.01 Å². The molecule has 2 N–H and O–H groups in total. The van der Waals surface area contributed by atoms with E-state index in [1.54, 1.807) is 6.07 Å². The molecule has 54 valence electrons. The van der Waals surface area contributed by atoms with Gasteiger partial charge in [0.1, 0.15) is 5.82 Å². The van der Waals surface area contributed by atoms with E-state index in [2.05, 4.69) is 9.97 Å². The van der Waals surface area contributed by atoms with Crippen molar-refractivity contribution in [1.82, 2.24) is 9.97 Å². The molecule has 0 aliphatic rings. The molecule has 1 aromatic heterocycles. The van der Waals surface area contributed by atoms with Gasteiger partial charge in [-0.3, -0.25) is 0 Å². The van der Waals surface area contributed by atoms with Crippen LogP contribution < -0.4 is 10.5 Å². The van der Waals surface area contributed by atoms with Crippen LogP contribution in [0.5, 0.6) is 6.01 Å². The average Bonchev–Trinajstić information content (AvgIpc) is 1.88. The number of halogens is 1. The number of nitrogen functional groups attached to an aromatic ring is 1. The van der Waals surface area contributed by atoms with Crippen LogP contribution in [0.25, 0.3) is 0 Å². The fourth-order valence-corrected chi connectivity index (χ4v) is 0.570. The number of rotatable bonds is 2. The highest BCUT2D eigenvalue weighted by Crippen LogP contribution is 2.03. The molecular formula is C5H6ClN3O. The molecule has 0 spiro atoms. The van der Waals surface area contributed by atoms with Crippen LogP contribution >= 0.6 is 11.6 Å². The Bertz CT molecular complexity index is 218. The lowest BCUT2D eigenvalue weighted by molar-refractivity contribution is 0.356. The monoisotopic (exact) mass is 159 g/mol. The van der Waals surface area contributed by atoms with Gasteiger partial charge in [-0.2, -0.15) is 4.98 Å². The minimum Gasteiger partial charge on any atom is -0.447 e. The number of alkyl halides is 1. The van der Waals surface area contributed by atoms with Crippen LogP contribution in [0.1, 0.15) is 0 Å². The standard InChI is InChI=1S/C5H6ClN3O/c6-3-10-5-8-2-1-4(7)9-5/h1-2H,3H2,(H2,7,8,9). The summed E-state index contributed by atoms with van der Waals surface area (Å²) in [6.07, 6.45) is 1.50. The molecular weight excluding hydrogens is 154 g/mol. The molecule has 0 unspecified atom stereocenters. The third kappa shape index (κ3) is 1.73. The zero-order chi connectivity index (χ0) is 7.40. The molecule has 1 rings (SSSR count). The van der Waals surface area contributed by atoms with Crippen molar-refractivity contribution >= 4 is 17.4 Å². The van der Waals surface area contributed by atoms with E-state index in [-0.39, 0.29) is 12.1 Å². The van der Waals surface area contributed by atoms with Gasteiger partial charge < -0.3 is 10.5 Å². The van der Waals surface area contributed by atoms with E-state index in [1.165, 1.54) is 6.20 Å². The summed E-state index contributed by atoms with van der Waals surface area (Å²) in [6.45, 7) is 0. The fourth-order valence-electron chi connectivity index (χ4n) is 0.472. The summed E-state index contributed by atoms with van der Waals surface area (Å²) in [7, 11) is 0. The zero-order valence-electron chi connectivity index (χ0n) is 5.12. The van der Waals surface area contributed by atoms with Crippen molar-refractivity contribution in [3.63, 3.8) is 0 Å². The third-order valence-corrected chi connectivity index (χ3v) is 0.948. The van der Waals surface area contributed by atoms with Crippen molar-refractivity contribution in [3.8, 4) is 6.01 Å². The summed E-state index contributed by atoms with van der Waals surface area (Å²) in [5.74, 6) is 0.370. The summed E-state index contributed by atoms with van der Waals surface area (Å²) >= 11 is 5.25. The Balaban J connectivity index is 2.75. The Morgan fingerprint density at radius 3 is 3.10 bits per heavy atom. The maximum absolute atomic E-state index is 5.31. The molecule has 0 saturated carbocycles. The number of hydrogen-bond acceptors (Lipinski definition) is 4. The van der Waals surface area contributed by atoms with Crippen molar-refractivity contribution in [2.45, 2.75) is 0 Å². The Kier molecular flexibility index (Phi) is 2.28. The van der Waals surface area contributed by atoms with Gasteiger partial charge in [-0.05, 0) is 6.07 Å². The summed E-state index contributed by atoms with van der Waals surface area (Å²) in [5.41, 5.74) is 5.31. The quantitative estimate of drug-likeness (QED) is 0.644. The van der Waals surface area contributed by atoms with Gasteiger partial charge in [0.15, 0.2) is 6.07 Å². The number of aromatic nitrogens is 2. The Hall–Kier alpha value is -1.03. The van der Waals surface area contributed by atoms with Gasteiger partial charge in [-0.25, -0.2) is 4.98 Å². The molecule has 4 nitrogen and oxygen atoms in total. The molecule has 0 aliphatic carbocycles. The first kappa shape index (κ1) is 7.08. The van der Waals surface area contributed by atoms with Gasteiger partial charge in [0.05, 0.1) is 0 Å². The molecule has 1 heterocycles. The van der Waals surface area contributed by atoms with E-state index < -0.39 is 0 Å². The van der Waals surface area contributed by atoms with E-state index in [9.17, 15) is 0 Å². The molecule has 0 amide bonds. The average molecular weight is 160 g/mol. The summed E-state index contributed by atoms with van der Waals surface area (Å²) in [6, 6.07) is 1.81. The van der Waals surface area contributed by atoms with Gasteiger partial charge in [0.2, 0.25) is 0 Å². The van der Waals surface area contributed by atoms with Crippen LogP contribution in [0.4, 0.5) is 5.82 Å². The molecule has 10 heavy (non-hydrogen) atoms. The Morgan fingerprint density at radius 1 is 1.70 bits per heavy atom. The number of ether oxygens (including phenoxy) is 1.